The number of aliphatic hydroxyl groups is 1. The van der Waals surface area contributed by atoms with E-state index in [1.807, 2.05) is 0 Å². The zero-order chi connectivity index (χ0) is 8.48. The molecule has 0 heterocycles. The van der Waals surface area contributed by atoms with Gasteiger partial charge in [0.2, 0.25) is 0 Å². The van der Waals surface area contributed by atoms with Gasteiger partial charge in [0.1, 0.15) is 0 Å². The first-order valence-corrected chi connectivity index (χ1v) is 4.54. The van der Waals surface area contributed by atoms with Crippen LogP contribution in [0, 0.1) is 23.9 Å². The van der Waals surface area contributed by atoms with Crippen LogP contribution in [0.5, 0.6) is 0 Å². The average molecular weight is 155 g/mol. The molecule has 0 aliphatic heterocycles. The lowest BCUT2D eigenvalue weighted by molar-refractivity contribution is 0.0873. The summed E-state index contributed by atoms with van der Waals surface area (Å²) in [6.45, 7) is 8.20. The van der Waals surface area contributed by atoms with Gasteiger partial charge in [0, 0.05) is 0 Å². The average Bonchev–Trinajstić information content (AvgIpc) is 1.85. The Morgan fingerprint density at radius 1 is 1.36 bits per heavy atom. The van der Waals surface area contributed by atoms with Crippen LogP contribution in [0.4, 0.5) is 0 Å². The highest BCUT2D eigenvalue weighted by Gasteiger charge is 2.34. The predicted octanol–water partition coefficient (Wildman–Crippen LogP) is 2.98. The molecule has 1 N–H and O–H groups in total. The molecule has 65 valence electrons. The second-order valence-electron chi connectivity index (χ2n) is 4.63. The van der Waals surface area contributed by atoms with Gasteiger partial charge in [-0.05, 0) is 30.1 Å². The van der Waals surface area contributed by atoms with Crippen LogP contribution in [0.2, 0.25) is 0 Å². The Balaban J connectivity index is 2.56. The van der Waals surface area contributed by atoms with Crippen LogP contribution < -0.4 is 0 Å². The van der Waals surface area contributed by atoms with Gasteiger partial charge in [0.25, 0.3) is 0 Å². The van der Waals surface area contributed by atoms with Gasteiger partial charge in [-0.25, -0.2) is 0 Å². The fraction of sp³-hybridized carbons (Fsp3) is 0.900. The van der Waals surface area contributed by atoms with Crippen molar-refractivity contribution in [2.24, 2.45) is 17.3 Å². The molecule has 1 rings (SSSR count). The van der Waals surface area contributed by atoms with Gasteiger partial charge < -0.3 is 5.11 Å². The lowest BCUT2D eigenvalue weighted by atomic mass is 9.66. The summed E-state index contributed by atoms with van der Waals surface area (Å²) in [7, 11) is 0. The van der Waals surface area contributed by atoms with Crippen LogP contribution in [-0.2, 0) is 0 Å². The zero-order valence-electron chi connectivity index (χ0n) is 7.80. The minimum atomic E-state index is 0.312. The van der Waals surface area contributed by atoms with Crippen molar-refractivity contribution in [3.8, 4) is 0 Å². The Labute approximate surface area is 69.8 Å². The highest BCUT2D eigenvalue weighted by molar-refractivity contribution is 4.88. The Hall–Kier alpha value is -0.0400. The molecule has 0 amide bonds. The standard InChI is InChI=1S/C10H19O/c1-8-4-5-9(7-11)10(2,3)6-8/h7-9,11H,4-6H2,1-3H3. The van der Waals surface area contributed by atoms with Gasteiger partial charge in [0.05, 0.1) is 6.61 Å². The number of hydrogen-bond donors (Lipinski definition) is 1. The normalized spacial score (nSPS) is 37.1. The molecule has 1 aliphatic carbocycles. The van der Waals surface area contributed by atoms with Crippen LogP contribution in [0.3, 0.4) is 0 Å². The topological polar surface area (TPSA) is 20.2 Å². The van der Waals surface area contributed by atoms with Gasteiger partial charge in [-0.3, -0.25) is 0 Å². The van der Waals surface area contributed by atoms with E-state index in [1.165, 1.54) is 19.4 Å². The van der Waals surface area contributed by atoms with E-state index < -0.39 is 0 Å². The van der Waals surface area contributed by atoms with Crippen molar-refractivity contribution in [3.05, 3.63) is 6.61 Å². The van der Waals surface area contributed by atoms with E-state index >= 15 is 0 Å². The number of rotatable bonds is 1. The molecule has 2 atom stereocenters. The van der Waals surface area contributed by atoms with Gasteiger partial charge in [-0.2, -0.15) is 0 Å². The molecule has 0 aromatic heterocycles. The fourth-order valence-corrected chi connectivity index (χ4v) is 2.28. The minimum Gasteiger partial charge on any atom is -0.390 e. The molecule has 11 heavy (non-hydrogen) atoms. The molecule has 1 saturated carbocycles. The van der Waals surface area contributed by atoms with Crippen LogP contribution in [-0.4, -0.2) is 5.11 Å². The Kier molecular flexibility index (Phi) is 2.58. The summed E-state index contributed by atoms with van der Waals surface area (Å²) >= 11 is 0. The van der Waals surface area contributed by atoms with Crippen molar-refractivity contribution in [3.63, 3.8) is 0 Å². The Morgan fingerprint density at radius 2 is 2.00 bits per heavy atom. The summed E-state index contributed by atoms with van der Waals surface area (Å²) < 4.78 is 0. The first-order chi connectivity index (χ1) is 5.06. The molecule has 0 bridgehead atoms. The minimum absolute atomic E-state index is 0.312. The molecule has 0 saturated heterocycles. The van der Waals surface area contributed by atoms with Crippen LogP contribution in [0.15, 0.2) is 0 Å². The summed E-state index contributed by atoms with van der Waals surface area (Å²) in [5, 5.41) is 8.99. The maximum absolute atomic E-state index is 8.99. The molecule has 1 nitrogen and oxygen atoms in total. The smallest absolute Gasteiger partial charge is 0.0835 e. The van der Waals surface area contributed by atoms with E-state index in [4.69, 9.17) is 5.11 Å². The molecule has 0 spiro atoms. The Bertz CT molecular complexity index is 129. The van der Waals surface area contributed by atoms with Crippen molar-refractivity contribution in [1.82, 2.24) is 0 Å². The summed E-state index contributed by atoms with van der Waals surface area (Å²) in [6, 6.07) is 0. The summed E-state index contributed by atoms with van der Waals surface area (Å²) in [6.07, 6.45) is 3.67. The first kappa shape index (κ1) is 9.05. The second kappa shape index (κ2) is 3.14. The highest BCUT2D eigenvalue weighted by atomic mass is 16.3. The summed E-state index contributed by atoms with van der Waals surface area (Å²) in [5.41, 5.74) is 0.312. The maximum Gasteiger partial charge on any atom is 0.0835 e. The molecule has 1 aliphatic rings. The summed E-state index contributed by atoms with van der Waals surface area (Å²) in [5.74, 6) is 1.25. The first-order valence-electron chi connectivity index (χ1n) is 4.54. The third-order valence-corrected chi connectivity index (χ3v) is 3.03. The van der Waals surface area contributed by atoms with Gasteiger partial charge >= 0.3 is 0 Å². The van der Waals surface area contributed by atoms with E-state index in [2.05, 4.69) is 20.8 Å². The van der Waals surface area contributed by atoms with Crippen molar-refractivity contribution < 1.29 is 5.11 Å². The molecule has 1 heteroatoms. The van der Waals surface area contributed by atoms with Crippen LogP contribution in [0.25, 0.3) is 0 Å². The molecule has 2 unspecified atom stereocenters. The van der Waals surface area contributed by atoms with Crippen LogP contribution in [0.1, 0.15) is 40.0 Å². The van der Waals surface area contributed by atoms with Crippen molar-refractivity contribution >= 4 is 0 Å². The Morgan fingerprint density at radius 3 is 2.45 bits per heavy atom. The van der Waals surface area contributed by atoms with Crippen molar-refractivity contribution in [1.29, 1.82) is 0 Å². The molecule has 0 aromatic rings. The van der Waals surface area contributed by atoms with E-state index in [0.717, 1.165) is 12.3 Å². The quantitative estimate of drug-likeness (QED) is 0.617. The van der Waals surface area contributed by atoms with E-state index in [1.54, 1.807) is 0 Å². The highest BCUT2D eigenvalue weighted by Crippen LogP contribution is 2.43. The third-order valence-electron chi connectivity index (χ3n) is 3.03. The lowest BCUT2D eigenvalue weighted by Gasteiger charge is -2.40. The molecule has 0 aromatic carbocycles. The molecule has 1 fully saturated rings. The van der Waals surface area contributed by atoms with Gasteiger partial charge in [-0.15, -0.1) is 0 Å². The predicted molar refractivity (Wildman–Crippen MR) is 46.5 cm³/mol. The van der Waals surface area contributed by atoms with Crippen molar-refractivity contribution in [2.45, 2.75) is 40.0 Å². The van der Waals surface area contributed by atoms with Crippen molar-refractivity contribution in [2.75, 3.05) is 0 Å². The van der Waals surface area contributed by atoms with Gasteiger partial charge in [0.15, 0.2) is 0 Å². The maximum atomic E-state index is 8.99. The van der Waals surface area contributed by atoms with E-state index in [9.17, 15) is 0 Å². The van der Waals surface area contributed by atoms with E-state index in [0.29, 0.717) is 11.3 Å². The fourth-order valence-electron chi connectivity index (χ4n) is 2.28. The largest absolute Gasteiger partial charge is 0.390 e. The SMILES string of the molecule is CC1CCC([CH]O)C(C)(C)C1. The summed E-state index contributed by atoms with van der Waals surface area (Å²) in [4.78, 5) is 0. The monoisotopic (exact) mass is 155 g/mol. The number of hydrogen-bond acceptors (Lipinski definition) is 1. The third kappa shape index (κ3) is 1.96. The van der Waals surface area contributed by atoms with Gasteiger partial charge in [-0.1, -0.05) is 27.2 Å². The zero-order valence-corrected chi connectivity index (χ0v) is 7.80. The number of aliphatic hydroxyl groups excluding tert-OH is 1. The van der Waals surface area contributed by atoms with Crippen LogP contribution >= 0.6 is 0 Å². The molecular formula is C10H19O. The van der Waals surface area contributed by atoms with E-state index in [-0.39, 0.29) is 0 Å². The second-order valence-corrected chi connectivity index (χ2v) is 4.63. The molecule has 1 radical (unpaired) electrons. The molecular weight excluding hydrogens is 136 g/mol. The lowest BCUT2D eigenvalue weighted by Crippen LogP contribution is -2.31.